The van der Waals surface area contributed by atoms with E-state index >= 15 is 0 Å². The van der Waals surface area contributed by atoms with Crippen LogP contribution in [0.5, 0.6) is 11.6 Å². The lowest BCUT2D eigenvalue weighted by Crippen LogP contribution is -2.47. The van der Waals surface area contributed by atoms with Crippen molar-refractivity contribution in [2.75, 3.05) is 50.8 Å². The molecule has 0 spiro atoms. The number of nitrogens with zero attached hydrogens (tertiary/aromatic N) is 4. The number of pyridine rings is 2. The van der Waals surface area contributed by atoms with Crippen molar-refractivity contribution in [2.45, 2.75) is 40.0 Å². The van der Waals surface area contributed by atoms with Gasteiger partial charge in [-0.3, -0.25) is 4.90 Å². The Kier molecular flexibility index (Phi) is 9.16. The largest absolute Gasteiger partial charge is 0.510 e. The lowest BCUT2D eigenvalue weighted by atomic mass is 10.2. The van der Waals surface area contributed by atoms with Crippen LogP contribution in [-0.4, -0.2) is 65.9 Å². The Morgan fingerprint density at radius 2 is 1.91 bits per heavy atom. The molecule has 2 aromatic rings. The second-order valence-corrected chi connectivity index (χ2v) is 7.93. The SMILES string of the molecule is CC/C=c1/ccc(OCCCCN2CCN(c3ncccc3OCC)CC2)n/c1=C(/C)O. The average Bonchev–Trinajstić information content (AvgIpc) is 2.81. The van der Waals surface area contributed by atoms with Gasteiger partial charge in [0.25, 0.3) is 0 Å². The molecule has 0 aromatic carbocycles. The van der Waals surface area contributed by atoms with Crippen molar-refractivity contribution in [1.82, 2.24) is 14.9 Å². The molecule has 0 bridgehead atoms. The van der Waals surface area contributed by atoms with Gasteiger partial charge in [0.05, 0.1) is 13.2 Å². The standard InChI is InChI=1S/C25H36N4O3/c1-4-9-21-11-12-23(27-24(21)20(3)30)32-19-7-6-14-28-15-17-29(18-16-28)25-22(31-5-2)10-8-13-26-25/h8-13,30H,4-7,14-19H2,1-3H3/b21-9-,24-20-. The fourth-order valence-electron chi connectivity index (χ4n) is 3.89. The molecule has 2 aromatic heterocycles. The van der Waals surface area contributed by atoms with E-state index in [1.807, 2.05) is 37.4 Å². The topological polar surface area (TPSA) is 71.0 Å². The molecule has 3 rings (SSSR count). The highest BCUT2D eigenvalue weighted by atomic mass is 16.5. The molecule has 0 unspecified atom stereocenters. The van der Waals surface area contributed by atoms with Gasteiger partial charge in [0, 0.05) is 38.4 Å². The summed E-state index contributed by atoms with van der Waals surface area (Å²) in [4.78, 5) is 13.8. The van der Waals surface area contributed by atoms with E-state index in [1.165, 1.54) is 0 Å². The van der Waals surface area contributed by atoms with Crippen LogP contribution in [0.4, 0.5) is 5.82 Å². The average molecular weight is 441 g/mol. The van der Waals surface area contributed by atoms with Crippen LogP contribution in [0.25, 0.3) is 11.8 Å². The van der Waals surface area contributed by atoms with E-state index in [4.69, 9.17) is 9.47 Å². The van der Waals surface area contributed by atoms with E-state index in [0.29, 0.717) is 24.4 Å². The van der Waals surface area contributed by atoms with Crippen molar-refractivity contribution < 1.29 is 14.6 Å². The quantitative estimate of drug-likeness (QED) is 0.570. The van der Waals surface area contributed by atoms with Crippen molar-refractivity contribution in [2.24, 2.45) is 0 Å². The molecule has 0 atom stereocenters. The summed E-state index contributed by atoms with van der Waals surface area (Å²) in [6, 6.07) is 7.75. The maximum Gasteiger partial charge on any atom is 0.213 e. The first-order valence-corrected chi connectivity index (χ1v) is 11.7. The zero-order valence-corrected chi connectivity index (χ0v) is 19.6. The summed E-state index contributed by atoms with van der Waals surface area (Å²) in [5, 5.41) is 11.4. The van der Waals surface area contributed by atoms with Gasteiger partial charge in [-0.1, -0.05) is 13.0 Å². The number of hydrogen-bond donors (Lipinski definition) is 1. The van der Waals surface area contributed by atoms with Gasteiger partial charge in [0.1, 0.15) is 11.1 Å². The Morgan fingerprint density at radius 1 is 1.09 bits per heavy atom. The Bertz CT molecular complexity index is 967. The van der Waals surface area contributed by atoms with Gasteiger partial charge in [-0.15, -0.1) is 0 Å². The number of aliphatic hydroxyl groups is 1. The molecule has 3 heterocycles. The first-order chi connectivity index (χ1) is 15.6. The fraction of sp³-hybridized carbons (Fsp3) is 0.520. The molecule has 1 fully saturated rings. The summed E-state index contributed by atoms with van der Waals surface area (Å²) >= 11 is 0. The van der Waals surface area contributed by atoms with Gasteiger partial charge < -0.3 is 19.5 Å². The van der Waals surface area contributed by atoms with Crippen molar-refractivity contribution in [3.8, 4) is 11.6 Å². The normalized spacial score (nSPS) is 16.2. The van der Waals surface area contributed by atoms with Gasteiger partial charge in [-0.05, 0) is 63.1 Å². The second-order valence-electron chi connectivity index (χ2n) is 7.93. The van der Waals surface area contributed by atoms with Gasteiger partial charge in [-0.2, -0.15) is 0 Å². The third-order valence-electron chi connectivity index (χ3n) is 5.51. The van der Waals surface area contributed by atoms with Crippen molar-refractivity contribution in [3.05, 3.63) is 41.0 Å². The molecular formula is C25H36N4O3. The highest BCUT2D eigenvalue weighted by Gasteiger charge is 2.20. The third kappa shape index (κ3) is 6.60. The summed E-state index contributed by atoms with van der Waals surface area (Å²) in [6.45, 7) is 12.0. The number of rotatable bonds is 10. The number of piperazine rings is 1. The molecule has 0 saturated carbocycles. The Hall–Kier alpha value is -2.80. The van der Waals surface area contributed by atoms with E-state index in [9.17, 15) is 5.11 Å². The molecule has 7 heteroatoms. The molecule has 1 N–H and O–H groups in total. The lowest BCUT2D eigenvalue weighted by molar-refractivity contribution is 0.235. The molecule has 1 saturated heterocycles. The first kappa shape index (κ1) is 23.9. The van der Waals surface area contributed by atoms with E-state index in [-0.39, 0.29) is 5.76 Å². The molecule has 0 radical (unpaired) electrons. The number of aromatic nitrogens is 2. The number of unbranched alkanes of at least 4 members (excludes halogenated alkanes) is 1. The highest BCUT2D eigenvalue weighted by molar-refractivity contribution is 5.52. The van der Waals surface area contributed by atoms with Crippen LogP contribution in [0.1, 0.15) is 40.0 Å². The van der Waals surface area contributed by atoms with Gasteiger partial charge in [0.2, 0.25) is 5.88 Å². The Morgan fingerprint density at radius 3 is 2.62 bits per heavy atom. The van der Waals surface area contributed by atoms with Gasteiger partial charge in [0.15, 0.2) is 11.6 Å². The molecular weight excluding hydrogens is 404 g/mol. The monoisotopic (exact) mass is 440 g/mol. The maximum atomic E-state index is 9.90. The molecule has 0 aliphatic carbocycles. The molecule has 1 aliphatic rings. The predicted molar refractivity (Wildman–Crippen MR) is 129 cm³/mol. The molecule has 0 amide bonds. The zero-order valence-electron chi connectivity index (χ0n) is 19.6. The van der Waals surface area contributed by atoms with E-state index in [0.717, 1.165) is 68.8 Å². The van der Waals surface area contributed by atoms with Crippen LogP contribution in [-0.2, 0) is 0 Å². The van der Waals surface area contributed by atoms with Gasteiger partial charge >= 0.3 is 0 Å². The van der Waals surface area contributed by atoms with Gasteiger partial charge in [-0.25, -0.2) is 9.97 Å². The van der Waals surface area contributed by atoms with E-state index in [2.05, 4.69) is 32.8 Å². The van der Waals surface area contributed by atoms with Crippen LogP contribution < -0.4 is 24.9 Å². The predicted octanol–water partition coefficient (Wildman–Crippen LogP) is 2.73. The fourth-order valence-corrected chi connectivity index (χ4v) is 3.89. The van der Waals surface area contributed by atoms with Crippen molar-refractivity contribution in [1.29, 1.82) is 0 Å². The third-order valence-corrected chi connectivity index (χ3v) is 5.51. The highest BCUT2D eigenvalue weighted by Crippen LogP contribution is 2.26. The van der Waals surface area contributed by atoms with Crippen LogP contribution in [0.3, 0.4) is 0 Å². The van der Waals surface area contributed by atoms with E-state index in [1.54, 1.807) is 6.92 Å². The summed E-state index contributed by atoms with van der Waals surface area (Å²) in [7, 11) is 0. The number of ether oxygens (including phenoxy) is 2. The minimum Gasteiger partial charge on any atom is -0.510 e. The molecule has 7 nitrogen and oxygen atoms in total. The summed E-state index contributed by atoms with van der Waals surface area (Å²) in [6.07, 6.45) is 6.82. The smallest absolute Gasteiger partial charge is 0.213 e. The van der Waals surface area contributed by atoms with Crippen molar-refractivity contribution >= 4 is 17.7 Å². The van der Waals surface area contributed by atoms with Crippen molar-refractivity contribution in [3.63, 3.8) is 0 Å². The molecule has 1 aliphatic heterocycles. The van der Waals surface area contributed by atoms with Crippen LogP contribution in [0.15, 0.2) is 30.5 Å². The number of aliphatic hydroxyl groups excluding tert-OH is 1. The lowest BCUT2D eigenvalue weighted by Gasteiger charge is -2.35. The first-order valence-electron chi connectivity index (χ1n) is 11.7. The molecule has 174 valence electrons. The number of anilines is 1. The summed E-state index contributed by atoms with van der Waals surface area (Å²) in [5.74, 6) is 2.60. The molecule has 32 heavy (non-hydrogen) atoms. The maximum absolute atomic E-state index is 9.90. The summed E-state index contributed by atoms with van der Waals surface area (Å²) < 4.78 is 11.6. The zero-order chi connectivity index (χ0) is 22.8. The number of hydrogen-bond acceptors (Lipinski definition) is 7. The minimum atomic E-state index is 0.216. The van der Waals surface area contributed by atoms with Crippen LogP contribution >= 0.6 is 0 Å². The van der Waals surface area contributed by atoms with Crippen LogP contribution in [0, 0.1) is 0 Å². The summed E-state index contributed by atoms with van der Waals surface area (Å²) in [5.41, 5.74) is 0. The minimum absolute atomic E-state index is 0.216. The Balaban J connectivity index is 1.40. The second kappa shape index (κ2) is 12.3. The van der Waals surface area contributed by atoms with Crippen LogP contribution in [0.2, 0.25) is 0 Å². The van der Waals surface area contributed by atoms with E-state index < -0.39 is 0 Å². The Labute approximate surface area is 191 Å².